The van der Waals surface area contributed by atoms with Gasteiger partial charge in [0.2, 0.25) is 6.33 Å². The number of rotatable bonds is 5. The molecule has 0 unspecified atom stereocenters. The minimum absolute atomic E-state index is 0.621. The van der Waals surface area contributed by atoms with E-state index in [9.17, 15) is 0 Å². The van der Waals surface area contributed by atoms with Crippen molar-refractivity contribution in [2.24, 2.45) is 7.05 Å². The first kappa shape index (κ1) is 12.3. The van der Waals surface area contributed by atoms with Gasteiger partial charge in [-0.05, 0) is 12.1 Å². The number of nitrogens with zero attached hydrogens (tertiary/aromatic N) is 2. The number of hydrogen-bond donors (Lipinski definition) is 2. The Balaban J connectivity index is 1.80. The number of aryl methyl sites for hydroxylation is 2. The molecule has 0 atom stereocenters. The van der Waals surface area contributed by atoms with Crippen LogP contribution in [0.3, 0.4) is 0 Å². The maximum atomic E-state index is 5.80. The third-order valence-corrected chi connectivity index (χ3v) is 2.68. The minimum Gasteiger partial charge on any atom is -0.491 e. The van der Waals surface area contributed by atoms with Crippen LogP contribution in [0.4, 0.5) is 11.4 Å². The molecule has 5 nitrogen and oxygen atoms in total. The Labute approximate surface area is 107 Å². The molecule has 0 radical (unpaired) electrons. The van der Waals surface area contributed by atoms with Crippen LogP contribution in [0, 0.1) is 0 Å². The van der Waals surface area contributed by atoms with Crippen LogP contribution in [-0.4, -0.2) is 11.2 Å². The molecule has 96 valence electrons. The Kier molecular flexibility index (Phi) is 3.72. The standard InChI is InChI=1S/C13H19N4O/c1-16-6-7-17(10-16)5-2-8-18-13-9-11(14)3-4-12(13)15/h3-4,6-7,9-10H,2,5,8,14-15H2,1H3/q+1. The summed E-state index contributed by atoms with van der Waals surface area (Å²) in [5.41, 5.74) is 12.8. The summed E-state index contributed by atoms with van der Waals surface area (Å²) in [6, 6.07) is 5.28. The van der Waals surface area contributed by atoms with Gasteiger partial charge in [0, 0.05) is 18.2 Å². The van der Waals surface area contributed by atoms with Crippen molar-refractivity contribution in [1.29, 1.82) is 0 Å². The number of hydrogen-bond acceptors (Lipinski definition) is 3. The van der Waals surface area contributed by atoms with Gasteiger partial charge in [-0.25, -0.2) is 9.13 Å². The first-order valence-electron chi connectivity index (χ1n) is 5.94. The lowest BCUT2D eigenvalue weighted by Crippen LogP contribution is -2.31. The van der Waals surface area contributed by atoms with Gasteiger partial charge in [0.1, 0.15) is 18.1 Å². The maximum absolute atomic E-state index is 5.80. The van der Waals surface area contributed by atoms with Crippen molar-refractivity contribution >= 4 is 11.4 Å². The molecular formula is C13H19N4O+. The fourth-order valence-corrected chi connectivity index (χ4v) is 1.74. The average Bonchev–Trinajstić information content (AvgIpc) is 2.75. The highest BCUT2D eigenvalue weighted by Gasteiger charge is 2.02. The van der Waals surface area contributed by atoms with Crippen LogP contribution >= 0.6 is 0 Å². The normalized spacial score (nSPS) is 10.5. The molecule has 18 heavy (non-hydrogen) atoms. The summed E-state index contributed by atoms with van der Waals surface area (Å²) in [6.45, 7) is 1.54. The summed E-state index contributed by atoms with van der Waals surface area (Å²) in [4.78, 5) is 0. The zero-order valence-corrected chi connectivity index (χ0v) is 10.5. The van der Waals surface area contributed by atoms with Crippen molar-refractivity contribution in [3.8, 4) is 5.75 Å². The van der Waals surface area contributed by atoms with Crippen LogP contribution in [-0.2, 0) is 13.6 Å². The molecule has 4 N–H and O–H groups in total. The van der Waals surface area contributed by atoms with Gasteiger partial charge in [0.25, 0.3) is 0 Å². The molecule has 0 bridgehead atoms. The molecule has 0 aliphatic rings. The van der Waals surface area contributed by atoms with Crippen molar-refractivity contribution in [3.63, 3.8) is 0 Å². The van der Waals surface area contributed by atoms with Crippen molar-refractivity contribution in [1.82, 2.24) is 4.57 Å². The SMILES string of the molecule is Cn1cc[n+](CCCOc2cc(N)ccc2N)c1. The monoisotopic (exact) mass is 247 g/mol. The number of imidazole rings is 1. The van der Waals surface area contributed by atoms with Crippen LogP contribution in [0.5, 0.6) is 5.75 Å². The molecule has 0 fully saturated rings. The van der Waals surface area contributed by atoms with Crippen LogP contribution < -0.4 is 20.8 Å². The van der Waals surface area contributed by atoms with E-state index in [4.69, 9.17) is 16.2 Å². The zero-order chi connectivity index (χ0) is 13.0. The van der Waals surface area contributed by atoms with E-state index in [1.54, 1.807) is 18.2 Å². The molecule has 2 aromatic rings. The molecule has 1 aromatic heterocycles. The summed E-state index contributed by atoms with van der Waals surface area (Å²) in [7, 11) is 2.00. The van der Waals surface area contributed by atoms with Gasteiger partial charge in [-0.3, -0.25) is 0 Å². The van der Waals surface area contributed by atoms with Gasteiger partial charge in [-0.1, -0.05) is 0 Å². The predicted octanol–water partition coefficient (Wildman–Crippen LogP) is 0.946. The summed E-state index contributed by atoms with van der Waals surface area (Å²) >= 11 is 0. The first-order chi connectivity index (χ1) is 8.65. The molecule has 2 rings (SSSR count). The fraction of sp³-hybridized carbons (Fsp3) is 0.308. The Bertz CT molecular complexity index is 521. The lowest BCUT2D eigenvalue weighted by molar-refractivity contribution is -0.696. The number of aromatic nitrogens is 2. The first-order valence-corrected chi connectivity index (χ1v) is 5.94. The Morgan fingerprint density at radius 1 is 1.33 bits per heavy atom. The molecule has 0 saturated heterocycles. The van der Waals surface area contributed by atoms with Crippen LogP contribution in [0.15, 0.2) is 36.9 Å². The number of ether oxygens (including phenoxy) is 1. The van der Waals surface area contributed by atoms with E-state index in [2.05, 4.69) is 4.57 Å². The van der Waals surface area contributed by atoms with Gasteiger partial charge < -0.3 is 16.2 Å². The summed E-state index contributed by atoms with van der Waals surface area (Å²) in [5, 5.41) is 0. The highest BCUT2D eigenvalue weighted by molar-refractivity contribution is 5.59. The molecule has 0 amide bonds. The van der Waals surface area contributed by atoms with Crippen molar-refractivity contribution in [2.75, 3.05) is 18.1 Å². The summed E-state index contributed by atoms with van der Waals surface area (Å²) in [6.07, 6.45) is 7.00. The van der Waals surface area contributed by atoms with E-state index >= 15 is 0 Å². The quantitative estimate of drug-likeness (QED) is 0.469. The molecule has 1 aromatic carbocycles. The van der Waals surface area contributed by atoms with E-state index in [0.717, 1.165) is 13.0 Å². The number of anilines is 2. The Morgan fingerprint density at radius 3 is 2.89 bits per heavy atom. The minimum atomic E-state index is 0.621. The van der Waals surface area contributed by atoms with E-state index in [1.807, 2.05) is 30.3 Å². The predicted molar refractivity (Wildman–Crippen MR) is 71.0 cm³/mol. The van der Waals surface area contributed by atoms with Crippen LogP contribution in [0.1, 0.15) is 6.42 Å². The lowest BCUT2D eigenvalue weighted by Gasteiger charge is -2.08. The maximum Gasteiger partial charge on any atom is 0.243 e. The summed E-state index contributed by atoms with van der Waals surface area (Å²) < 4.78 is 9.75. The van der Waals surface area contributed by atoms with Gasteiger partial charge in [0.15, 0.2) is 0 Å². The van der Waals surface area contributed by atoms with Crippen molar-refractivity contribution in [2.45, 2.75) is 13.0 Å². The second-order valence-corrected chi connectivity index (χ2v) is 4.32. The van der Waals surface area contributed by atoms with Crippen LogP contribution in [0.25, 0.3) is 0 Å². The highest BCUT2D eigenvalue weighted by Crippen LogP contribution is 2.23. The van der Waals surface area contributed by atoms with Crippen molar-refractivity contribution < 1.29 is 9.30 Å². The third kappa shape index (κ3) is 3.16. The topological polar surface area (TPSA) is 70.1 Å². The summed E-state index contributed by atoms with van der Waals surface area (Å²) in [5.74, 6) is 0.660. The largest absolute Gasteiger partial charge is 0.491 e. The van der Waals surface area contributed by atoms with E-state index < -0.39 is 0 Å². The Morgan fingerprint density at radius 2 is 2.17 bits per heavy atom. The molecule has 0 aliphatic heterocycles. The Hall–Kier alpha value is -2.17. The third-order valence-electron chi connectivity index (χ3n) is 2.68. The second kappa shape index (κ2) is 5.44. The second-order valence-electron chi connectivity index (χ2n) is 4.32. The average molecular weight is 247 g/mol. The van der Waals surface area contributed by atoms with Gasteiger partial charge in [0.05, 0.1) is 25.9 Å². The number of nitrogens with two attached hydrogens (primary N) is 2. The van der Waals surface area contributed by atoms with Crippen LogP contribution in [0.2, 0.25) is 0 Å². The molecule has 5 heteroatoms. The highest BCUT2D eigenvalue weighted by atomic mass is 16.5. The molecule has 1 heterocycles. The molecule has 0 spiro atoms. The smallest absolute Gasteiger partial charge is 0.243 e. The molecular weight excluding hydrogens is 228 g/mol. The fourth-order valence-electron chi connectivity index (χ4n) is 1.74. The van der Waals surface area contributed by atoms with E-state index in [-0.39, 0.29) is 0 Å². The number of benzene rings is 1. The van der Waals surface area contributed by atoms with E-state index in [1.165, 1.54) is 0 Å². The van der Waals surface area contributed by atoms with Gasteiger partial charge in [-0.2, -0.15) is 0 Å². The van der Waals surface area contributed by atoms with Crippen molar-refractivity contribution in [3.05, 3.63) is 36.9 Å². The number of nitrogen functional groups attached to an aromatic ring is 2. The van der Waals surface area contributed by atoms with Gasteiger partial charge in [-0.15, -0.1) is 0 Å². The van der Waals surface area contributed by atoms with Gasteiger partial charge >= 0.3 is 0 Å². The molecule has 0 saturated carbocycles. The lowest BCUT2D eigenvalue weighted by atomic mass is 10.2. The molecule has 0 aliphatic carbocycles. The van der Waals surface area contributed by atoms with E-state index in [0.29, 0.717) is 23.7 Å². The zero-order valence-electron chi connectivity index (χ0n) is 10.5.